The maximum Gasteiger partial charge on any atom is 0.344 e. The molecule has 0 aliphatic heterocycles. The maximum atomic E-state index is 11.7. The van der Waals surface area contributed by atoms with Crippen LogP contribution in [0.4, 0.5) is 5.69 Å². The van der Waals surface area contributed by atoms with Crippen LogP contribution in [0.2, 0.25) is 10.0 Å². The van der Waals surface area contributed by atoms with Crippen LogP contribution in [0.1, 0.15) is 42.9 Å². The summed E-state index contributed by atoms with van der Waals surface area (Å²) >= 11 is 12.0. The molecule has 1 atom stereocenters. The third-order valence-corrected chi connectivity index (χ3v) is 5.30. The van der Waals surface area contributed by atoms with E-state index in [9.17, 15) is 9.90 Å². The van der Waals surface area contributed by atoms with Gasteiger partial charge in [-0.05, 0) is 61.3 Å². The van der Waals surface area contributed by atoms with Gasteiger partial charge in [0.1, 0.15) is 5.75 Å². The summed E-state index contributed by atoms with van der Waals surface area (Å²) in [6.45, 7) is 1.32. The van der Waals surface area contributed by atoms with E-state index in [2.05, 4.69) is 5.32 Å². The number of halogens is 2. The lowest BCUT2D eigenvalue weighted by atomic mass is 10.1. The molecule has 9 heteroatoms. The predicted molar refractivity (Wildman–Crippen MR) is 125 cm³/mol. The fraction of sp³-hybridized carbons (Fsp3) is 0.391. The molecular weight excluding hydrogens is 453 g/mol. The molecule has 32 heavy (non-hydrogen) atoms. The number of hydrogen-bond acceptors (Lipinski definition) is 7. The zero-order valence-corrected chi connectivity index (χ0v) is 19.2. The number of aliphatic hydroxyl groups excluding tert-OH is 1. The summed E-state index contributed by atoms with van der Waals surface area (Å²) in [7, 11) is 0. The topological polar surface area (TPSA) is 118 Å². The summed E-state index contributed by atoms with van der Waals surface area (Å²) in [5.74, 6) is 0.0917. The molecule has 2 aromatic carbocycles. The van der Waals surface area contributed by atoms with Crippen LogP contribution in [0.25, 0.3) is 0 Å². The van der Waals surface area contributed by atoms with Crippen molar-refractivity contribution < 1.29 is 19.4 Å². The monoisotopic (exact) mass is 479 g/mol. The van der Waals surface area contributed by atoms with Gasteiger partial charge in [-0.2, -0.15) is 5.26 Å². The molecule has 0 saturated heterocycles. The third-order valence-electron chi connectivity index (χ3n) is 4.67. The molecule has 0 amide bonds. The molecule has 1 unspecified atom stereocenters. The largest absolute Gasteiger partial charge is 0.482 e. The highest BCUT2D eigenvalue weighted by molar-refractivity contribution is 6.38. The second-order valence-corrected chi connectivity index (χ2v) is 7.99. The second kappa shape index (κ2) is 13.8. The van der Waals surface area contributed by atoms with E-state index in [4.69, 9.17) is 43.7 Å². The number of anilines is 1. The number of nitriles is 1. The van der Waals surface area contributed by atoms with Crippen LogP contribution < -0.4 is 15.8 Å². The molecule has 0 aliphatic rings. The van der Waals surface area contributed by atoms with Crippen molar-refractivity contribution in [3.8, 4) is 11.8 Å². The molecule has 2 rings (SSSR count). The Bertz CT molecular complexity index is 893. The van der Waals surface area contributed by atoms with Gasteiger partial charge in [-0.15, -0.1) is 0 Å². The van der Waals surface area contributed by atoms with Crippen molar-refractivity contribution >= 4 is 34.9 Å². The summed E-state index contributed by atoms with van der Waals surface area (Å²) in [5.41, 5.74) is 7.16. The lowest BCUT2D eigenvalue weighted by Crippen LogP contribution is -2.22. The lowest BCUT2D eigenvalue weighted by Gasteiger charge is -2.14. The zero-order valence-electron chi connectivity index (χ0n) is 17.7. The van der Waals surface area contributed by atoms with Crippen LogP contribution in [-0.2, 0) is 9.53 Å². The van der Waals surface area contributed by atoms with E-state index in [0.29, 0.717) is 45.8 Å². The van der Waals surface area contributed by atoms with Gasteiger partial charge >= 0.3 is 5.97 Å². The SMILES string of the molecule is N#Cc1ccc(OCC(=O)OCCCCCCNCC(O)c2cc(Cl)c(N)c(Cl)c2)cc1. The van der Waals surface area contributed by atoms with Gasteiger partial charge in [-0.25, -0.2) is 4.79 Å². The Morgan fingerprint density at radius 2 is 1.78 bits per heavy atom. The number of esters is 1. The van der Waals surface area contributed by atoms with Gasteiger partial charge in [0.15, 0.2) is 6.61 Å². The van der Waals surface area contributed by atoms with E-state index >= 15 is 0 Å². The van der Waals surface area contributed by atoms with Crippen LogP contribution in [0.15, 0.2) is 36.4 Å². The van der Waals surface area contributed by atoms with Gasteiger partial charge in [-0.3, -0.25) is 0 Å². The molecule has 7 nitrogen and oxygen atoms in total. The van der Waals surface area contributed by atoms with E-state index < -0.39 is 12.1 Å². The maximum absolute atomic E-state index is 11.7. The lowest BCUT2D eigenvalue weighted by molar-refractivity contribution is -0.146. The Kier molecular flexibility index (Phi) is 11.1. The Hall–Kier alpha value is -2.50. The fourth-order valence-electron chi connectivity index (χ4n) is 2.85. The van der Waals surface area contributed by atoms with Crippen LogP contribution in [-0.4, -0.2) is 37.4 Å². The molecule has 172 valence electrons. The summed E-state index contributed by atoms with van der Waals surface area (Å²) in [5, 5.41) is 22.8. The van der Waals surface area contributed by atoms with Crippen molar-refractivity contribution in [2.45, 2.75) is 31.8 Å². The number of aliphatic hydroxyl groups is 1. The first-order chi connectivity index (χ1) is 15.4. The number of unbranched alkanes of at least 4 members (excludes halogenated alkanes) is 3. The number of nitrogen functional groups attached to an aromatic ring is 1. The number of benzene rings is 2. The Morgan fingerprint density at radius 1 is 1.12 bits per heavy atom. The normalized spacial score (nSPS) is 11.6. The van der Waals surface area contributed by atoms with E-state index in [1.54, 1.807) is 36.4 Å². The number of nitrogens with two attached hydrogens (primary N) is 1. The molecule has 2 aromatic rings. The molecule has 0 fully saturated rings. The average Bonchev–Trinajstić information content (AvgIpc) is 2.79. The van der Waals surface area contributed by atoms with Crippen molar-refractivity contribution in [1.82, 2.24) is 5.32 Å². The van der Waals surface area contributed by atoms with Crippen LogP contribution >= 0.6 is 23.2 Å². The Morgan fingerprint density at radius 3 is 2.44 bits per heavy atom. The predicted octanol–water partition coefficient (Wildman–Crippen LogP) is 4.25. The van der Waals surface area contributed by atoms with Gasteiger partial charge in [0.05, 0.1) is 40.1 Å². The standard InChI is InChI=1S/C23H27Cl2N3O4/c24-19-11-17(12-20(25)23(19)27)21(29)14-28-9-3-1-2-4-10-31-22(30)15-32-18-7-5-16(13-26)6-8-18/h5-8,11-12,21,28-29H,1-4,9-10,14-15,27H2. The summed E-state index contributed by atoms with van der Waals surface area (Å²) < 4.78 is 10.5. The average molecular weight is 480 g/mol. The number of nitrogens with one attached hydrogen (secondary N) is 1. The Balaban J connectivity index is 1.48. The van der Waals surface area contributed by atoms with Crippen LogP contribution in [0, 0.1) is 11.3 Å². The molecule has 0 heterocycles. The van der Waals surface area contributed by atoms with Gasteiger partial charge in [0, 0.05) is 6.54 Å². The summed E-state index contributed by atoms with van der Waals surface area (Å²) in [4.78, 5) is 11.7. The zero-order chi connectivity index (χ0) is 23.3. The number of carbonyl (C=O) groups excluding carboxylic acids is 1. The van der Waals surface area contributed by atoms with Gasteiger partial charge in [0.25, 0.3) is 0 Å². The minimum Gasteiger partial charge on any atom is -0.482 e. The van der Waals surface area contributed by atoms with E-state index in [1.165, 1.54) is 0 Å². The molecule has 0 aliphatic carbocycles. The van der Waals surface area contributed by atoms with Gasteiger partial charge < -0.3 is 25.6 Å². The van der Waals surface area contributed by atoms with Crippen molar-refractivity contribution in [3.05, 3.63) is 57.6 Å². The Labute approximate surface area is 198 Å². The number of carbonyl (C=O) groups is 1. The summed E-state index contributed by atoms with van der Waals surface area (Å²) in [6, 6.07) is 11.8. The first-order valence-corrected chi connectivity index (χ1v) is 11.1. The molecule has 0 aromatic heterocycles. The number of nitrogens with zero attached hydrogens (tertiary/aromatic N) is 1. The highest BCUT2D eigenvalue weighted by Crippen LogP contribution is 2.31. The first kappa shape index (κ1) is 25.8. The molecule has 0 radical (unpaired) electrons. The van der Waals surface area contributed by atoms with Crippen molar-refractivity contribution in [1.29, 1.82) is 5.26 Å². The smallest absolute Gasteiger partial charge is 0.344 e. The molecular formula is C23H27Cl2N3O4. The quantitative estimate of drug-likeness (QED) is 0.223. The minimum atomic E-state index is -0.725. The molecule has 4 N–H and O–H groups in total. The second-order valence-electron chi connectivity index (χ2n) is 7.18. The van der Waals surface area contributed by atoms with Gasteiger partial charge in [0.2, 0.25) is 0 Å². The van der Waals surface area contributed by atoms with E-state index in [0.717, 1.165) is 32.2 Å². The number of ether oxygens (including phenoxy) is 2. The van der Waals surface area contributed by atoms with Crippen LogP contribution in [0.5, 0.6) is 5.75 Å². The molecule has 0 bridgehead atoms. The van der Waals surface area contributed by atoms with E-state index in [1.807, 2.05) is 6.07 Å². The number of rotatable bonds is 13. The van der Waals surface area contributed by atoms with Crippen molar-refractivity contribution in [3.63, 3.8) is 0 Å². The summed E-state index contributed by atoms with van der Waals surface area (Å²) in [6.07, 6.45) is 2.88. The third kappa shape index (κ3) is 8.93. The van der Waals surface area contributed by atoms with E-state index in [-0.39, 0.29) is 6.61 Å². The minimum absolute atomic E-state index is 0.164. The highest BCUT2D eigenvalue weighted by atomic mass is 35.5. The molecule has 0 saturated carbocycles. The van der Waals surface area contributed by atoms with Gasteiger partial charge in [-0.1, -0.05) is 36.0 Å². The van der Waals surface area contributed by atoms with Crippen molar-refractivity contribution in [2.75, 3.05) is 32.0 Å². The highest BCUT2D eigenvalue weighted by Gasteiger charge is 2.12. The molecule has 0 spiro atoms. The number of hydrogen-bond donors (Lipinski definition) is 3. The fourth-order valence-corrected chi connectivity index (χ4v) is 3.36. The first-order valence-electron chi connectivity index (χ1n) is 10.3. The van der Waals surface area contributed by atoms with Crippen molar-refractivity contribution in [2.24, 2.45) is 0 Å². The van der Waals surface area contributed by atoms with Crippen LogP contribution in [0.3, 0.4) is 0 Å².